The molecule has 4 heteroatoms. The van der Waals surface area contributed by atoms with Crippen molar-refractivity contribution in [3.63, 3.8) is 0 Å². The molecule has 2 nitrogen and oxygen atoms in total. The zero-order valence-electron chi connectivity index (χ0n) is 11.2. The molecule has 0 spiro atoms. The van der Waals surface area contributed by atoms with Crippen LogP contribution in [0.5, 0.6) is 0 Å². The SMILES string of the molecule is CC(NCc1cccc(CO)c1)c1ccc(Cl)c(F)c1. The molecule has 0 aliphatic heterocycles. The van der Waals surface area contributed by atoms with Crippen molar-refractivity contribution < 1.29 is 9.50 Å². The largest absolute Gasteiger partial charge is 0.392 e. The van der Waals surface area contributed by atoms with Crippen LogP contribution in [0.2, 0.25) is 5.02 Å². The first kappa shape index (κ1) is 15.0. The monoisotopic (exact) mass is 293 g/mol. The first-order valence-corrected chi connectivity index (χ1v) is 6.85. The van der Waals surface area contributed by atoms with E-state index in [2.05, 4.69) is 5.32 Å². The molecule has 20 heavy (non-hydrogen) atoms. The molecular weight excluding hydrogens is 277 g/mol. The number of benzene rings is 2. The lowest BCUT2D eigenvalue weighted by atomic mass is 10.1. The molecule has 0 aromatic heterocycles. The van der Waals surface area contributed by atoms with Gasteiger partial charge in [0.25, 0.3) is 0 Å². The molecule has 0 aliphatic carbocycles. The molecule has 2 rings (SSSR count). The number of rotatable bonds is 5. The molecule has 0 saturated carbocycles. The van der Waals surface area contributed by atoms with E-state index in [9.17, 15) is 4.39 Å². The number of hydrogen-bond donors (Lipinski definition) is 2. The van der Waals surface area contributed by atoms with Crippen molar-refractivity contribution in [1.29, 1.82) is 0 Å². The quantitative estimate of drug-likeness (QED) is 0.878. The third-order valence-electron chi connectivity index (χ3n) is 3.23. The van der Waals surface area contributed by atoms with Crippen molar-refractivity contribution in [3.8, 4) is 0 Å². The van der Waals surface area contributed by atoms with Crippen molar-refractivity contribution >= 4 is 11.6 Å². The lowest BCUT2D eigenvalue weighted by Gasteiger charge is -2.15. The number of halogens is 2. The predicted molar refractivity (Wildman–Crippen MR) is 79.0 cm³/mol. The van der Waals surface area contributed by atoms with Crippen molar-refractivity contribution in [3.05, 3.63) is 70.0 Å². The molecule has 0 radical (unpaired) electrons. The summed E-state index contributed by atoms with van der Waals surface area (Å²) >= 11 is 5.67. The van der Waals surface area contributed by atoms with Gasteiger partial charge in [0.1, 0.15) is 5.82 Å². The van der Waals surface area contributed by atoms with Crippen LogP contribution in [-0.2, 0) is 13.2 Å². The van der Waals surface area contributed by atoms with Crippen LogP contribution in [0.25, 0.3) is 0 Å². The summed E-state index contributed by atoms with van der Waals surface area (Å²) in [5.41, 5.74) is 2.82. The van der Waals surface area contributed by atoms with Crippen LogP contribution >= 0.6 is 11.6 Å². The van der Waals surface area contributed by atoms with Crippen LogP contribution < -0.4 is 5.32 Å². The summed E-state index contributed by atoms with van der Waals surface area (Å²) in [7, 11) is 0. The smallest absolute Gasteiger partial charge is 0.142 e. The van der Waals surface area contributed by atoms with E-state index in [1.54, 1.807) is 6.07 Å². The first-order valence-electron chi connectivity index (χ1n) is 6.47. The van der Waals surface area contributed by atoms with Gasteiger partial charge in [-0.15, -0.1) is 0 Å². The fraction of sp³-hybridized carbons (Fsp3) is 0.250. The molecule has 1 atom stereocenters. The van der Waals surface area contributed by atoms with Gasteiger partial charge in [-0.2, -0.15) is 0 Å². The van der Waals surface area contributed by atoms with Crippen LogP contribution in [0.1, 0.15) is 29.7 Å². The minimum atomic E-state index is -0.403. The highest BCUT2D eigenvalue weighted by molar-refractivity contribution is 6.30. The molecule has 0 saturated heterocycles. The normalized spacial score (nSPS) is 12.4. The Morgan fingerprint density at radius 1 is 1.20 bits per heavy atom. The second-order valence-corrected chi connectivity index (χ2v) is 5.16. The molecule has 106 valence electrons. The Balaban J connectivity index is 2.00. The summed E-state index contributed by atoms with van der Waals surface area (Å²) in [6.07, 6.45) is 0. The predicted octanol–water partition coefficient (Wildman–Crippen LogP) is 3.82. The molecule has 2 aromatic rings. The van der Waals surface area contributed by atoms with Gasteiger partial charge < -0.3 is 10.4 Å². The molecular formula is C16H17ClFNO. The number of hydrogen-bond acceptors (Lipinski definition) is 2. The van der Waals surface area contributed by atoms with Crippen LogP contribution in [0.15, 0.2) is 42.5 Å². The highest BCUT2D eigenvalue weighted by Crippen LogP contribution is 2.20. The lowest BCUT2D eigenvalue weighted by molar-refractivity contribution is 0.281. The van der Waals surface area contributed by atoms with E-state index < -0.39 is 5.82 Å². The van der Waals surface area contributed by atoms with E-state index in [4.69, 9.17) is 16.7 Å². The van der Waals surface area contributed by atoms with E-state index in [0.29, 0.717) is 6.54 Å². The third-order valence-corrected chi connectivity index (χ3v) is 3.54. The van der Waals surface area contributed by atoms with Gasteiger partial charge in [-0.1, -0.05) is 41.9 Å². The van der Waals surface area contributed by atoms with Crippen LogP contribution in [0.3, 0.4) is 0 Å². The minimum Gasteiger partial charge on any atom is -0.392 e. The van der Waals surface area contributed by atoms with Gasteiger partial charge in [0.2, 0.25) is 0 Å². The van der Waals surface area contributed by atoms with Crippen molar-refractivity contribution in [2.75, 3.05) is 0 Å². The summed E-state index contributed by atoms with van der Waals surface area (Å²) in [6.45, 7) is 2.66. The van der Waals surface area contributed by atoms with Gasteiger partial charge in [-0.05, 0) is 35.7 Å². The van der Waals surface area contributed by atoms with Crippen LogP contribution in [0, 0.1) is 5.82 Å². The number of aliphatic hydroxyl groups excluding tert-OH is 1. The Bertz CT molecular complexity index is 588. The standard InChI is InChI=1S/C16H17ClFNO/c1-11(14-5-6-15(17)16(18)8-14)19-9-12-3-2-4-13(7-12)10-20/h2-8,11,19-20H,9-10H2,1H3. The zero-order chi connectivity index (χ0) is 14.5. The molecule has 1 unspecified atom stereocenters. The molecule has 0 fully saturated rings. The lowest BCUT2D eigenvalue weighted by Crippen LogP contribution is -2.18. The summed E-state index contributed by atoms with van der Waals surface area (Å²) < 4.78 is 13.4. The van der Waals surface area contributed by atoms with Gasteiger partial charge in [0.05, 0.1) is 11.6 Å². The Labute approximate surface area is 123 Å². The maximum atomic E-state index is 13.4. The first-order chi connectivity index (χ1) is 9.60. The highest BCUT2D eigenvalue weighted by atomic mass is 35.5. The van der Waals surface area contributed by atoms with E-state index >= 15 is 0 Å². The molecule has 0 heterocycles. The Morgan fingerprint density at radius 3 is 2.65 bits per heavy atom. The summed E-state index contributed by atoms with van der Waals surface area (Å²) in [5, 5.41) is 12.6. The Hall–Kier alpha value is -1.42. The second-order valence-electron chi connectivity index (χ2n) is 4.75. The van der Waals surface area contributed by atoms with Crippen molar-refractivity contribution in [2.45, 2.75) is 26.1 Å². The molecule has 2 aromatic carbocycles. The van der Waals surface area contributed by atoms with Gasteiger partial charge in [0.15, 0.2) is 0 Å². The third kappa shape index (κ3) is 3.79. The summed E-state index contributed by atoms with van der Waals surface area (Å²) in [6, 6.07) is 12.6. The molecule has 2 N–H and O–H groups in total. The number of aliphatic hydroxyl groups is 1. The average Bonchev–Trinajstić information content (AvgIpc) is 2.47. The fourth-order valence-electron chi connectivity index (χ4n) is 2.01. The van der Waals surface area contributed by atoms with Crippen molar-refractivity contribution in [2.24, 2.45) is 0 Å². The van der Waals surface area contributed by atoms with E-state index in [0.717, 1.165) is 16.7 Å². The van der Waals surface area contributed by atoms with Crippen molar-refractivity contribution in [1.82, 2.24) is 5.32 Å². The average molecular weight is 294 g/mol. The minimum absolute atomic E-state index is 0.0135. The van der Waals surface area contributed by atoms with Gasteiger partial charge in [0, 0.05) is 12.6 Å². The summed E-state index contributed by atoms with van der Waals surface area (Å²) in [5.74, 6) is -0.403. The number of nitrogens with one attached hydrogen (secondary N) is 1. The zero-order valence-corrected chi connectivity index (χ0v) is 12.0. The van der Waals surface area contributed by atoms with Crippen LogP contribution in [-0.4, -0.2) is 5.11 Å². The second kappa shape index (κ2) is 6.84. The maximum absolute atomic E-state index is 13.4. The fourth-order valence-corrected chi connectivity index (χ4v) is 2.13. The van der Waals surface area contributed by atoms with Gasteiger partial charge >= 0.3 is 0 Å². The topological polar surface area (TPSA) is 32.3 Å². The molecule has 0 aliphatic rings. The maximum Gasteiger partial charge on any atom is 0.142 e. The van der Waals surface area contributed by atoms with E-state index in [1.165, 1.54) is 6.07 Å². The Kier molecular flexibility index (Phi) is 5.12. The molecule has 0 amide bonds. The van der Waals surface area contributed by atoms with E-state index in [-0.39, 0.29) is 17.7 Å². The molecule has 0 bridgehead atoms. The Morgan fingerprint density at radius 2 is 1.95 bits per heavy atom. The highest BCUT2D eigenvalue weighted by Gasteiger charge is 2.08. The van der Waals surface area contributed by atoms with E-state index in [1.807, 2.05) is 37.3 Å². The van der Waals surface area contributed by atoms with Gasteiger partial charge in [-0.25, -0.2) is 4.39 Å². The summed E-state index contributed by atoms with van der Waals surface area (Å²) in [4.78, 5) is 0. The van der Waals surface area contributed by atoms with Crippen LogP contribution in [0.4, 0.5) is 4.39 Å². The van der Waals surface area contributed by atoms with Gasteiger partial charge in [-0.3, -0.25) is 0 Å².